The van der Waals surface area contributed by atoms with Crippen LogP contribution < -0.4 is 10.6 Å². The molecule has 0 radical (unpaired) electrons. The number of aromatic nitrogens is 2. The van der Waals surface area contributed by atoms with Crippen molar-refractivity contribution in [2.45, 2.75) is 52.5 Å². The Morgan fingerprint density at radius 1 is 1.35 bits per heavy atom. The van der Waals surface area contributed by atoms with E-state index < -0.39 is 0 Å². The summed E-state index contributed by atoms with van der Waals surface area (Å²) in [6.07, 6.45) is 2.15. The van der Waals surface area contributed by atoms with Crippen molar-refractivity contribution < 1.29 is 4.79 Å². The highest BCUT2D eigenvalue weighted by molar-refractivity contribution is 6.29. The van der Waals surface area contributed by atoms with E-state index in [9.17, 15) is 4.79 Å². The Bertz CT molecular complexity index is 457. The normalized spacial score (nSPS) is 11.2. The van der Waals surface area contributed by atoms with Gasteiger partial charge in [-0.1, -0.05) is 18.5 Å². The van der Waals surface area contributed by atoms with Gasteiger partial charge in [-0.15, -0.1) is 0 Å². The molecule has 5 nitrogen and oxygen atoms in total. The minimum atomic E-state index is -0.205. The van der Waals surface area contributed by atoms with Gasteiger partial charge < -0.3 is 10.6 Å². The first-order valence-corrected chi connectivity index (χ1v) is 7.26. The average molecular weight is 299 g/mol. The smallest absolute Gasteiger partial charge is 0.222 e. The molecule has 1 aromatic rings. The summed E-state index contributed by atoms with van der Waals surface area (Å²) in [6.45, 7) is 8.45. The van der Waals surface area contributed by atoms with Gasteiger partial charge in [0.2, 0.25) is 5.91 Å². The lowest BCUT2D eigenvalue weighted by molar-refractivity contribution is -0.122. The summed E-state index contributed by atoms with van der Waals surface area (Å²) in [5, 5.41) is 6.44. The molecule has 1 aromatic heterocycles. The maximum Gasteiger partial charge on any atom is 0.222 e. The van der Waals surface area contributed by atoms with E-state index in [0.29, 0.717) is 23.9 Å². The summed E-state index contributed by atoms with van der Waals surface area (Å²) in [6, 6.07) is 1.67. The van der Waals surface area contributed by atoms with Crippen LogP contribution in [0, 0.1) is 0 Å². The lowest BCUT2D eigenvalue weighted by atomic mass is 10.1. The third-order valence-electron chi connectivity index (χ3n) is 2.39. The Morgan fingerprint density at radius 2 is 2.05 bits per heavy atom. The molecule has 0 bridgehead atoms. The van der Waals surface area contributed by atoms with E-state index >= 15 is 0 Å². The van der Waals surface area contributed by atoms with Crippen molar-refractivity contribution in [1.29, 1.82) is 0 Å². The van der Waals surface area contributed by atoms with E-state index in [2.05, 4.69) is 27.5 Å². The molecule has 0 spiro atoms. The number of rotatable bonds is 6. The van der Waals surface area contributed by atoms with Crippen LogP contribution in [0.3, 0.4) is 0 Å². The van der Waals surface area contributed by atoms with Crippen LogP contribution in [0.1, 0.15) is 46.4 Å². The first-order chi connectivity index (χ1) is 9.30. The number of hydrogen-bond donors (Lipinski definition) is 2. The summed E-state index contributed by atoms with van der Waals surface area (Å²) in [7, 11) is 0. The highest BCUT2D eigenvalue weighted by Gasteiger charge is 2.13. The Morgan fingerprint density at radius 3 is 2.65 bits per heavy atom. The molecule has 0 aliphatic carbocycles. The predicted octanol–water partition coefficient (Wildman–Crippen LogP) is 2.80. The third kappa shape index (κ3) is 6.70. The second-order valence-corrected chi connectivity index (χ2v) is 6.10. The fraction of sp³-hybridized carbons (Fsp3) is 0.643. The SMILES string of the molecule is CCCc1nc(Cl)cc(NCCC(=O)NC(C)(C)C)n1. The summed E-state index contributed by atoms with van der Waals surface area (Å²) in [5.74, 6) is 1.40. The number of aryl methyl sites for hydroxylation is 1. The molecule has 0 aliphatic rings. The molecule has 0 saturated carbocycles. The average Bonchev–Trinajstić information content (AvgIpc) is 2.26. The number of halogens is 1. The zero-order chi connectivity index (χ0) is 15.2. The molecule has 2 N–H and O–H groups in total. The molecule has 1 rings (SSSR count). The van der Waals surface area contributed by atoms with E-state index in [1.807, 2.05) is 20.8 Å². The van der Waals surface area contributed by atoms with Gasteiger partial charge in [0.05, 0.1) is 0 Å². The van der Waals surface area contributed by atoms with Gasteiger partial charge in [0, 0.05) is 31.0 Å². The van der Waals surface area contributed by atoms with Crippen molar-refractivity contribution in [3.8, 4) is 0 Å². The molecule has 20 heavy (non-hydrogen) atoms. The molecule has 1 heterocycles. The van der Waals surface area contributed by atoms with Crippen LogP contribution >= 0.6 is 11.6 Å². The molecule has 0 aliphatic heterocycles. The van der Waals surface area contributed by atoms with Gasteiger partial charge in [0.1, 0.15) is 16.8 Å². The summed E-state index contributed by atoms with van der Waals surface area (Å²) >= 11 is 5.94. The van der Waals surface area contributed by atoms with E-state index in [1.54, 1.807) is 6.07 Å². The second kappa shape index (κ2) is 7.43. The zero-order valence-electron chi connectivity index (χ0n) is 12.6. The topological polar surface area (TPSA) is 66.9 Å². The number of nitrogens with one attached hydrogen (secondary N) is 2. The molecule has 0 aromatic carbocycles. The van der Waals surface area contributed by atoms with Crippen molar-refractivity contribution in [2.24, 2.45) is 0 Å². The van der Waals surface area contributed by atoms with Gasteiger partial charge in [-0.05, 0) is 27.2 Å². The van der Waals surface area contributed by atoms with Crippen LogP contribution in [0.2, 0.25) is 5.15 Å². The quantitative estimate of drug-likeness (QED) is 0.793. The third-order valence-corrected chi connectivity index (χ3v) is 2.58. The first-order valence-electron chi connectivity index (χ1n) is 6.88. The fourth-order valence-corrected chi connectivity index (χ4v) is 1.88. The Kier molecular flexibility index (Phi) is 6.20. The number of nitrogens with zero attached hydrogens (tertiary/aromatic N) is 2. The van der Waals surface area contributed by atoms with E-state index in [0.717, 1.165) is 18.7 Å². The maximum atomic E-state index is 11.7. The standard InChI is InChI=1S/C14H23ClN4O/c1-5-6-11-17-10(15)9-12(18-11)16-8-7-13(20)19-14(2,3)4/h9H,5-8H2,1-4H3,(H,19,20)(H,16,17,18). The van der Waals surface area contributed by atoms with E-state index in [1.165, 1.54) is 0 Å². The van der Waals surface area contributed by atoms with Crippen LogP contribution in [0.25, 0.3) is 0 Å². The highest BCUT2D eigenvalue weighted by atomic mass is 35.5. The predicted molar refractivity (Wildman–Crippen MR) is 82.0 cm³/mol. The molecule has 0 fully saturated rings. The van der Waals surface area contributed by atoms with Crippen LogP contribution in [0.5, 0.6) is 0 Å². The molecule has 0 saturated heterocycles. The Labute approximate surface area is 125 Å². The number of carbonyl (C=O) groups is 1. The van der Waals surface area contributed by atoms with Gasteiger partial charge >= 0.3 is 0 Å². The van der Waals surface area contributed by atoms with Crippen molar-refractivity contribution in [2.75, 3.05) is 11.9 Å². The van der Waals surface area contributed by atoms with Gasteiger partial charge in [0.15, 0.2) is 0 Å². The molecular weight excluding hydrogens is 276 g/mol. The van der Waals surface area contributed by atoms with Gasteiger partial charge in [0.25, 0.3) is 0 Å². The van der Waals surface area contributed by atoms with Gasteiger partial charge in [-0.25, -0.2) is 9.97 Å². The number of anilines is 1. The van der Waals surface area contributed by atoms with Crippen LogP contribution in [-0.4, -0.2) is 28.0 Å². The molecule has 112 valence electrons. The number of hydrogen-bond acceptors (Lipinski definition) is 4. The fourth-order valence-electron chi connectivity index (χ4n) is 1.68. The van der Waals surface area contributed by atoms with E-state index in [-0.39, 0.29) is 11.4 Å². The first kappa shape index (κ1) is 16.7. The van der Waals surface area contributed by atoms with Crippen molar-refractivity contribution in [1.82, 2.24) is 15.3 Å². The largest absolute Gasteiger partial charge is 0.369 e. The monoisotopic (exact) mass is 298 g/mol. The molecule has 0 unspecified atom stereocenters. The molecule has 6 heteroatoms. The van der Waals surface area contributed by atoms with Crippen molar-refractivity contribution >= 4 is 23.3 Å². The van der Waals surface area contributed by atoms with Gasteiger partial charge in [-0.2, -0.15) is 0 Å². The highest BCUT2D eigenvalue weighted by Crippen LogP contribution is 2.12. The molecule has 0 atom stereocenters. The molecule has 1 amide bonds. The van der Waals surface area contributed by atoms with Crippen LogP contribution in [0.4, 0.5) is 5.82 Å². The second-order valence-electron chi connectivity index (χ2n) is 5.72. The zero-order valence-corrected chi connectivity index (χ0v) is 13.3. The van der Waals surface area contributed by atoms with Crippen molar-refractivity contribution in [3.63, 3.8) is 0 Å². The minimum Gasteiger partial charge on any atom is -0.369 e. The number of carbonyl (C=O) groups excluding carboxylic acids is 1. The number of amides is 1. The summed E-state index contributed by atoms with van der Waals surface area (Å²) in [4.78, 5) is 20.2. The van der Waals surface area contributed by atoms with Crippen molar-refractivity contribution in [3.05, 3.63) is 17.0 Å². The lowest BCUT2D eigenvalue weighted by Gasteiger charge is -2.20. The summed E-state index contributed by atoms with van der Waals surface area (Å²) in [5.41, 5.74) is -0.205. The Balaban J connectivity index is 2.47. The maximum absolute atomic E-state index is 11.7. The Hall–Kier alpha value is -1.36. The van der Waals surface area contributed by atoms with Crippen LogP contribution in [-0.2, 0) is 11.2 Å². The van der Waals surface area contributed by atoms with E-state index in [4.69, 9.17) is 11.6 Å². The van der Waals surface area contributed by atoms with Crippen LogP contribution in [0.15, 0.2) is 6.07 Å². The molecular formula is C14H23ClN4O. The lowest BCUT2D eigenvalue weighted by Crippen LogP contribution is -2.41. The summed E-state index contributed by atoms with van der Waals surface area (Å²) < 4.78 is 0. The minimum absolute atomic E-state index is 0.0129. The van der Waals surface area contributed by atoms with Gasteiger partial charge in [-0.3, -0.25) is 4.79 Å².